The maximum Gasteiger partial charge on any atom is 0.330 e. The third kappa shape index (κ3) is 10.2. The smallest absolute Gasteiger partial charge is 0.330 e. The third-order valence-corrected chi connectivity index (χ3v) is 20.0. The van der Waals surface area contributed by atoms with Crippen LogP contribution in [0.3, 0.4) is 0 Å². The SMILES string of the molecule is COc1ccc(C(OC[C@H]2O[C@@H](n3cc(C)c(=O)[nH]c3=O)C[C@@H]2n2cc(C[C@H]3O[C@@H](n4cc(C)c(=O)[nH]c4=O)C[C@@H]3O[Si](c3ccccc3)(c3ccccc3)C(C)(C)C)nn2)(c2ccccc2)c2ccc(OC)cc2)cc1. The molecule has 5 aromatic carbocycles. The summed E-state index contributed by atoms with van der Waals surface area (Å²) in [5, 5.41) is 11.3. The normalized spacial score (nSPS) is 19.8. The second-order valence-corrected chi connectivity index (χ2v) is 25.0. The number of aromatic nitrogens is 7. The first kappa shape index (κ1) is 52.7. The minimum absolute atomic E-state index is 0.00441. The van der Waals surface area contributed by atoms with Crippen molar-refractivity contribution < 1.29 is 28.1 Å². The summed E-state index contributed by atoms with van der Waals surface area (Å²) < 4.78 is 44.7. The second kappa shape index (κ2) is 21.7. The summed E-state index contributed by atoms with van der Waals surface area (Å²) in [7, 11) is 0.0612. The number of aryl methyl sites for hydroxylation is 2. The van der Waals surface area contributed by atoms with Crippen molar-refractivity contribution in [3.8, 4) is 11.5 Å². The van der Waals surface area contributed by atoms with Gasteiger partial charge in [0.2, 0.25) is 0 Å². The first-order valence-corrected chi connectivity index (χ1v) is 27.7. The monoisotopic (exact) mass is 1060 g/mol. The van der Waals surface area contributed by atoms with Crippen LogP contribution >= 0.6 is 0 Å². The van der Waals surface area contributed by atoms with Gasteiger partial charge in [0.15, 0.2) is 0 Å². The Hall–Kier alpha value is -7.74. The van der Waals surface area contributed by atoms with Crippen molar-refractivity contribution in [1.29, 1.82) is 0 Å². The molecule has 5 heterocycles. The fraction of sp³-hybridized carbons (Fsp3) is 0.322. The van der Waals surface area contributed by atoms with Crippen molar-refractivity contribution in [2.75, 3.05) is 20.8 Å². The standard InChI is InChI=1S/C59H63N7O10Si/c1-38-34-64(56(69)60-54(38)67)52-32-48(51(75-52)37-73-59(40-17-11-8-12-18-40,41-23-27-44(71-6)28-24-41)42-25-29-45(72-7)30-26-42)66-36-43(62-63-66)31-49-50(33-53(74-49)65-35-39(2)55(68)61-57(65)70)76-77(58(3,4)5,46-19-13-9-14-20-46)47-21-15-10-16-22-47/h8-30,34-36,48-53H,31-33,37H2,1-7H3,(H,60,67,69)(H,61,68,70)/t48-,49+,50-,51+,52+,53+/m0/s1. The topological polar surface area (TPSA) is 196 Å². The van der Waals surface area contributed by atoms with Gasteiger partial charge in [0.25, 0.3) is 19.4 Å². The Bertz CT molecular complexity index is 3470. The maximum atomic E-state index is 13.5. The lowest BCUT2D eigenvalue weighted by Gasteiger charge is -2.45. The van der Waals surface area contributed by atoms with E-state index in [1.165, 1.54) is 21.5 Å². The van der Waals surface area contributed by atoms with E-state index >= 15 is 0 Å². The Morgan fingerprint density at radius 1 is 0.610 bits per heavy atom. The van der Waals surface area contributed by atoms with E-state index in [9.17, 15) is 19.2 Å². The third-order valence-electron chi connectivity index (χ3n) is 15.0. The molecule has 0 unspecified atom stereocenters. The van der Waals surface area contributed by atoms with Gasteiger partial charge < -0.3 is 28.1 Å². The van der Waals surface area contributed by atoms with E-state index in [2.05, 4.69) is 55.0 Å². The van der Waals surface area contributed by atoms with Crippen LogP contribution in [0, 0.1) is 13.8 Å². The molecular formula is C59H63N7O10Si. The molecule has 8 aromatic rings. The molecule has 2 fully saturated rings. The van der Waals surface area contributed by atoms with Gasteiger partial charge in [-0.25, -0.2) is 14.3 Å². The Morgan fingerprint density at radius 2 is 1.08 bits per heavy atom. The molecule has 18 heteroatoms. The van der Waals surface area contributed by atoms with Crippen LogP contribution in [0.4, 0.5) is 0 Å². The lowest BCUT2D eigenvalue weighted by molar-refractivity contribution is -0.0843. The maximum absolute atomic E-state index is 13.5. The summed E-state index contributed by atoms with van der Waals surface area (Å²) in [5.41, 5.74) is 0.428. The minimum Gasteiger partial charge on any atom is -0.497 e. The van der Waals surface area contributed by atoms with Crippen molar-refractivity contribution in [2.24, 2.45) is 0 Å². The molecule has 0 bridgehead atoms. The summed E-state index contributed by atoms with van der Waals surface area (Å²) in [4.78, 5) is 57.2. The quantitative estimate of drug-likeness (QED) is 0.0732. The highest BCUT2D eigenvalue weighted by Crippen LogP contribution is 2.45. The summed E-state index contributed by atoms with van der Waals surface area (Å²) in [6.45, 7) is 9.91. The van der Waals surface area contributed by atoms with Gasteiger partial charge in [-0.3, -0.25) is 28.7 Å². The summed E-state index contributed by atoms with van der Waals surface area (Å²) in [6.07, 6.45) is 2.13. The van der Waals surface area contributed by atoms with Crippen LogP contribution in [0.5, 0.6) is 11.5 Å². The van der Waals surface area contributed by atoms with Crippen LogP contribution in [-0.4, -0.2) is 81.6 Å². The summed E-state index contributed by atoms with van der Waals surface area (Å²) in [6, 6.07) is 45.5. The van der Waals surface area contributed by atoms with Crippen molar-refractivity contribution >= 4 is 18.7 Å². The number of ether oxygens (including phenoxy) is 5. The number of nitrogens with one attached hydrogen (secondary N) is 2. The lowest BCUT2D eigenvalue weighted by atomic mass is 9.80. The van der Waals surface area contributed by atoms with E-state index in [1.54, 1.807) is 32.7 Å². The van der Waals surface area contributed by atoms with Gasteiger partial charge in [0.1, 0.15) is 35.7 Å². The molecule has 3 aromatic heterocycles. The first-order chi connectivity index (χ1) is 37.1. The average Bonchev–Trinajstić information content (AvgIpc) is 4.25. The highest BCUT2D eigenvalue weighted by Gasteiger charge is 2.54. The molecule has 0 radical (unpaired) electrons. The van der Waals surface area contributed by atoms with Gasteiger partial charge in [0.05, 0.1) is 44.8 Å². The number of rotatable bonds is 17. The van der Waals surface area contributed by atoms with Gasteiger partial charge >= 0.3 is 11.4 Å². The number of H-pyrrole nitrogens is 2. The van der Waals surface area contributed by atoms with Gasteiger partial charge in [0, 0.05) is 49.0 Å². The first-order valence-electron chi connectivity index (χ1n) is 25.7. The van der Waals surface area contributed by atoms with Crippen molar-refractivity contribution in [1.82, 2.24) is 34.1 Å². The molecule has 17 nitrogen and oxygen atoms in total. The zero-order valence-corrected chi connectivity index (χ0v) is 45.1. The number of hydrogen-bond acceptors (Lipinski definition) is 12. The minimum atomic E-state index is -3.18. The van der Waals surface area contributed by atoms with Crippen LogP contribution in [-0.2, 0) is 30.7 Å². The molecular weight excluding hydrogens is 995 g/mol. The molecule has 10 rings (SSSR count). The molecule has 0 aliphatic carbocycles. The van der Waals surface area contributed by atoms with Gasteiger partial charge in [-0.05, 0) is 70.2 Å². The number of nitrogens with zero attached hydrogens (tertiary/aromatic N) is 5. The number of hydrogen-bond donors (Lipinski definition) is 2. The molecule has 2 aliphatic rings. The van der Waals surface area contributed by atoms with Crippen molar-refractivity contribution in [3.63, 3.8) is 0 Å². The zero-order valence-electron chi connectivity index (χ0n) is 44.1. The van der Waals surface area contributed by atoms with Gasteiger partial charge in [-0.1, -0.05) is 141 Å². The lowest BCUT2D eigenvalue weighted by Crippen LogP contribution is -2.68. The Kier molecular flexibility index (Phi) is 14.9. The molecule has 2 aliphatic heterocycles. The number of aromatic amines is 2. The fourth-order valence-electron chi connectivity index (χ4n) is 11.1. The van der Waals surface area contributed by atoms with E-state index < -0.39 is 73.2 Å². The average molecular weight is 1060 g/mol. The van der Waals surface area contributed by atoms with Crippen LogP contribution in [0.2, 0.25) is 5.04 Å². The second-order valence-electron chi connectivity index (χ2n) is 20.8. The largest absolute Gasteiger partial charge is 0.497 e. The van der Waals surface area contributed by atoms with E-state index in [0.29, 0.717) is 34.7 Å². The number of methoxy groups -OCH3 is 2. The molecule has 2 N–H and O–H groups in total. The molecule has 77 heavy (non-hydrogen) atoms. The van der Waals surface area contributed by atoms with Crippen LogP contribution in [0.1, 0.15) is 85.6 Å². The predicted octanol–water partition coefficient (Wildman–Crippen LogP) is 6.63. The summed E-state index contributed by atoms with van der Waals surface area (Å²) in [5.74, 6) is 1.35. The molecule has 0 amide bonds. The van der Waals surface area contributed by atoms with Crippen LogP contribution in [0.25, 0.3) is 0 Å². The molecule has 0 spiro atoms. The highest BCUT2D eigenvalue weighted by molar-refractivity contribution is 6.99. The highest BCUT2D eigenvalue weighted by atomic mass is 28.4. The van der Waals surface area contributed by atoms with E-state index in [0.717, 1.165) is 27.1 Å². The number of benzene rings is 5. The Morgan fingerprint density at radius 3 is 1.57 bits per heavy atom. The van der Waals surface area contributed by atoms with Crippen molar-refractivity contribution in [2.45, 2.75) is 101 Å². The van der Waals surface area contributed by atoms with Crippen LogP contribution < -0.4 is 42.3 Å². The van der Waals surface area contributed by atoms with E-state index in [-0.39, 0.29) is 24.5 Å². The van der Waals surface area contributed by atoms with E-state index in [4.69, 9.17) is 38.4 Å². The molecule has 0 saturated carbocycles. The van der Waals surface area contributed by atoms with Gasteiger partial charge in [-0.2, -0.15) is 0 Å². The van der Waals surface area contributed by atoms with Gasteiger partial charge in [-0.15, -0.1) is 5.10 Å². The predicted molar refractivity (Wildman–Crippen MR) is 293 cm³/mol. The molecule has 398 valence electrons. The summed E-state index contributed by atoms with van der Waals surface area (Å²) >= 11 is 0. The fourth-order valence-corrected chi connectivity index (χ4v) is 15.8. The Labute approximate surface area is 446 Å². The van der Waals surface area contributed by atoms with E-state index in [1.807, 2.05) is 121 Å². The molecule has 6 atom stereocenters. The Balaban J connectivity index is 1.03. The van der Waals surface area contributed by atoms with Crippen LogP contribution in [0.15, 0.2) is 177 Å². The molecule has 2 saturated heterocycles. The zero-order chi connectivity index (χ0) is 54.1. The van der Waals surface area contributed by atoms with Crippen molar-refractivity contribution in [3.05, 3.63) is 233 Å².